The zero-order valence-corrected chi connectivity index (χ0v) is 7.47. The zero-order valence-electron chi connectivity index (χ0n) is 6.58. The predicted molar refractivity (Wildman–Crippen MR) is 46.6 cm³/mol. The van der Waals surface area contributed by atoms with Crippen molar-refractivity contribution < 1.29 is 4.79 Å². The van der Waals surface area contributed by atoms with E-state index in [-0.39, 0.29) is 6.03 Å². The molecule has 1 aliphatic heterocycles. The largest absolute Gasteiger partial charge is 0.327 e. The first-order valence-corrected chi connectivity index (χ1v) is 4.06. The molecule has 1 heterocycles. The number of hydrogen-bond donors (Lipinski definition) is 2. The van der Waals surface area contributed by atoms with Crippen molar-refractivity contribution in [3.63, 3.8) is 0 Å². The second-order valence-corrected chi connectivity index (χ2v) is 2.93. The summed E-state index contributed by atoms with van der Waals surface area (Å²) >= 11 is 3.69. The van der Waals surface area contributed by atoms with E-state index in [4.69, 9.17) is 0 Å². The third-order valence-electron chi connectivity index (χ3n) is 1.89. The molecule has 4 nitrogen and oxygen atoms in total. The van der Waals surface area contributed by atoms with Crippen LogP contribution in [-0.2, 0) is 0 Å². The van der Waals surface area contributed by atoms with Gasteiger partial charge in [0.05, 0.1) is 0 Å². The highest BCUT2D eigenvalue weighted by atomic mass is 32.1. The average molecular weight is 175 g/mol. The lowest BCUT2D eigenvalue weighted by Gasteiger charge is -2.31. The lowest BCUT2D eigenvalue weighted by atomic mass is 10.3. The third-order valence-corrected chi connectivity index (χ3v) is 2.08. The molecular formula is C6H13N3OS. The number of piperazine rings is 1. The number of nitrogens with one attached hydrogen (secondary N) is 1. The Labute approximate surface area is 72.1 Å². The van der Waals surface area contributed by atoms with Gasteiger partial charge in [0.2, 0.25) is 0 Å². The van der Waals surface area contributed by atoms with Gasteiger partial charge in [0.1, 0.15) is 0 Å². The third kappa shape index (κ3) is 2.27. The zero-order chi connectivity index (χ0) is 8.27. The highest BCUT2D eigenvalue weighted by Gasteiger charge is 2.17. The van der Waals surface area contributed by atoms with Gasteiger partial charge in [-0.15, -0.1) is 0 Å². The molecule has 1 saturated heterocycles. The van der Waals surface area contributed by atoms with Crippen molar-refractivity contribution >= 4 is 18.8 Å². The van der Waals surface area contributed by atoms with E-state index in [2.05, 4.69) is 29.5 Å². The minimum Gasteiger partial charge on any atom is -0.322 e. The van der Waals surface area contributed by atoms with Crippen LogP contribution in [0.2, 0.25) is 0 Å². The lowest BCUT2D eigenvalue weighted by Crippen LogP contribution is -2.49. The van der Waals surface area contributed by atoms with Crippen molar-refractivity contribution in [2.45, 2.75) is 0 Å². The average Bonchev–Trinajstić information content (AvgIpc) is 2.05. The molecule has 1 fully saturated rings. The number of nitrogens with zero attached hydrogens (tertiary/aromatic N) is 2. The summed E-state index contributed by atoms with van der Waals surface area (Å²) < 4.78 is 2.31. The summed E-state index contributed by atoms with van der Waals surface area (Å²) in [6.45, 7) is 3.48. The summed E-state index contributed by atoms with van der Waals surface area (Å²) in [4.78, 5) is 14.9. The Morgan fingerprint density at radius 2 is 1.91 bits per heavy atom. The highest BCUT2D eigenvalue weighted by molar-refractivity contribution is 7.78. The van der Waals surface area contributed by atoms with E-state index in [0.29, 0.717) is 0 Å². The Morgan fingerprint density at radius 1 is 1.36 bits per heavy atom. The lowest BCUT2D eigenvalue weighted by molar-refractivity contribution is 0.159. The van der Waals surface area contributed by atoms with Crippen LogP contribution in [0.15, 0.2) is 0 Å². The Hall–Kier alpha value is -0.420. The van der Waals surface area contributed by atoms with Crippen LogP contribution in [0.3, 0.4) is 0 Å². The molecule has 0 bridgehead atoms. The van der Waals surface area contributed by atoms with E-state index in [1.165, 1.54) is 0 Å². The van der Waals surface area contributed by atoms with Gasteiger partial charge >= 0.3 is 6.03 Å². The fraction of sp³-hybridized carbons (Fsp3) is 0.833. The molecule has 0 unspecified atom stereocenters. The second kappa shape index (κ2) is 3.82. The standard InChI is InChI=1S/C6H13N3OS/c1-8-2-4-9(5-3-8)6(10)7-11/h11H,2-5H2,1H3,(H,7,10). The molecule has 11 heavy (non-hydrogen) atoms. The Balaban J connectivity index is 2.33. The van der Waals surface area contributed by atoms with Gasteiger partial charge in [0.15, 0.2) is 0 Å². The molecule has 64 valence electrons. The van der Waals surface area contributed by atoms with Crippen LogP contribution in [0.4, 0.5) is 4.79 Å². The molecule has 0 aliphatic carbocycles. The SMILES string of the molecule is CN1CCN(C(=O)NS)CC1. The van der Waals surface area contributed by atoms with E-state index < -0.39 is 0 Å². The molecule has 1 rings (SSSR count). The summed E-state index contributed by atoms with van der Waals surface area (Å²) in [6.07, 6.45) is 0. The number of rotatable bonds is 0. The smallest absolute Gasteiger partial charge is 0.322 e. The summed E-state index contributed by atoms with van der Waals surface area (Å²) in [5.74, 6) is 0. The molecule has 0 spiro atoms. The van der Waals surface area contributed by atoms with Crippen molar-refractivity contribution in [1.29, 1.82) is 0 Å². The maximum Gasteiger partial charge on any atom is 0.327 e. The number of urea groups is 1. The van der Waals surface area contributed by atoms with Crippen LogP contribution in [0.5, 0.6) is 0 Å². The Kier molecular flexibility index (Phi) is 3.02. The molecule has 0 radical (unpaired) electrons. The summed E-state index contributed by atoms with van der Waals surface area (Å²) in [6, 6.07) is -0.0959. The van der Waals surface area contributed by atoms with E-state index in [9.17, 15) is 4.79 Å². The van der Waals surface area contributed by atoms with E-state index in [1.807, 2.05) is 0 Å². The number of carbonyl (C=O) groups is 1. The van der Waals surface area contributed by atoms with Gasteiger partial charge in [-0.2, -0.15) is 0 Å². The van der Waals surface area contributed by atoms with Crippen molar-refractivity contribution in [2.75, 3.05) is 33.2 Å². The maximum atomic E-state index is 11.0. The normalized spacial score (nSPS) is 20.0. The van der Waals surface area contributed by atoms with Crippen LogP contribution in [0, 0.1) is 0 Å². The van der Waals surface area contributed by atoms with Crippen LogP contribution in [0.1, 0.15) is 0 Å². The molecule has 0 atom stereocenters. The molecule has 0 aromatic heterocycles. The van der Waals surface area contributed by atoms with Gasteiger partial charge in [-0.3, -0.25) is 4.72 Å². The Bertz CT molecular complexity index is 145. The van der Waals surface area contributed by atoms with Crippen LogP contribution >= 0.6 is 12.8 Å². The first kappa shape index (κ1) is 8.67. The van der Waals surface area contributed by atoms with Crippen LogP contribution in [0.25, 0.3) is 0 Å². The minimum atomic E-state index is -0.0959. The molecule has 2 amide bonds. The van der Waals surface area contributed by atoms with E-state index in [0.717, 1.165) is 26.2 Å². The summed E-state index contributed by atoms with van der Waals surface area (Å²) in [5, 5.41) is 0. The van der Waals surface area contributed by atoms with Gasteiger partial charge in [-0.05, 0) is 7.05 Å². The molecule has 1 aliphatic rings. The van der Waals surface area contributed by atoms with Crippen molar-refractivity contribution in [2.24, 2.45) is 0 Å². The number of likely N-dealkylation sites (N-methyl/N-ethyl adjacent to an activating group) is 1. The van der Waals surface area contributed by atoms with Gasteiger partial charge < -0.3 is 9.80 Å². The number of hydrogen-bond acceptors (Lipinski definition) is 3. The second-order valence-electron chi connectivity index (χ2n) is 2.71. The maximum absolute atomic E-state index is 11.0. The van der Waals surface area contributed by atoms with E-state index in [1.54, 1.807) is 4.90 Å². The molecule has 0 aromatic carbocycles. The fourth-order valence-electron chi connectivity index (χ4n) is 1.08. The van der Waals surface area contributed by atoms with Crippen LogP contribution < -0.4 is 4.72 Å². The number of carbonyl (C=O) groups excluding carboxylic acids is 1. The van der Waals surface area contributed by atoms with Gasteiger partial charge in [-0.1, -0.05) is 12.8 Å². The van der Waals surface area contributed by atoms with E-state index >= 15 is 0 Å². The minimum absolute atomic E-state index is 0.0959. The van der Waals surface area contributed by atoms with Crippen molar-refractivity contribution in [1.82, 2.24) is 14.5 Å². The monoisotopic (exact) mass is 175 g/mol. The molecule has 0 saturated carbocycles. The molecule has 0 aromatic rings. The highest BCUT2D eigenvalue weighted by Crippen LogP contribution is 1.98. The fourth-order valence-corrected chi connectivity index (χ4v) is 1.22. The predicted octanol–water partition coefficient (Wildman–Crippen LogP) is -0.212. The van der Waals surface area contributed by atoms with Gasteiger partial charge in [0.25, 0.3) is 0 Å². The quantitative estimate of drug-likeness (QED) is 0.500. The first-order valence-electron chi connectivity index (χ1n) is 3.61. The number of thiol groups is 1. The molecule has 1 N–H and O–H groups in total. The van der Waals surface area contributed by atoms with Crippen molar-refractivity contribution in [3.05, 3.63) is 0 Å². The first-order chi connectivity index (χ1) is 5.24. The molecule has 5 heteroatoms. The van der Waals surface area contributed by atoms with Gasteiger partial charge in [-0.25, -0.2) is 4.79 Å². The molecular weight excluding hydrogens is 162 g/mol. The summed E-state index contributed by atoms with van der Waals surface area (Å²) in [5.41, 5.74) is 0. The number of amides is 2. The van der Waals surface area contributed by atoms with Crippen LogP contribution in [-0.4, -0.2) is 49.1 Å². The van der Waals surface area contributed by atoms with Crippen molar-refractivity contribution in [3.8, 4) is 0 Å². The topological polar surface area (TPSA) is 35.6 Å². The Morgan fingerprint density at radius 3 is 2.36 bits per heavy atom. The summed E-state index contributed by atoms with van der Waals surface area (Å²) in [7, 11) is 2.05. The van der Waals surface area contributed by atoms with Gasteiger partial charge in [0, 0.05) is 26.2 Å².